The standard InChI is InChI=1S/C14H14ClNOS/c15-12-3-1-11(2-4-12)13-5-6-14(18-13)16-7-9-17-10-8-16/h1-6H,7-10H2. The zero-order valence-electron chi connectivity index (χ0n) is 9.93. The van der Waals surface area contributed by atoms with Crippen LogP contribution in [0, 0.1) is 0 Å². The number of thiophene rings is 1. The maximum absolute atomic E-state index is 5.91. The largest absolute Gasteiger partial charge is 0.378 e. The maximum Gasteiger partial charge on any atom is 0.0916 e. The number of hydrogen-bond donors (Lipinski definition) is 0. The lowest BCUT2D eigenvalue weighted by atomic mass is 10.2. The van der Waals surface area contributed by atoms with Gasteiger partial charge in [-0.25, -0.2) is 0 Å². The number of morpholine rings is 1. The Bertz CT molecular complexity index is 517. The van der Waals surface area contributed by atoms with Crippen molar-refractivity contribution < 1.29 is 4.74 Å². The van der Waals surface area contributed by atoms with Gasteiger partial charge in [-0.1, -0.05) is 23.7 Å². The van der Waals surface area contributed by atoms with Crippen LogP contribution in [0.15, 0.2) is 36.4 Å². The van der Waals surface area contributed by atoms with Crippen molar-refractivity contribution >= 4 is 27.9 Å². The van der Waals surface area contributed by atoms with Crippen LogP contribution in [0.25, 0.3) is 10.4 Å². The molecule has 2 heterocycles. The molecule has 0 atom stereocenters. The van der Waals surface area contributed by atoms with Crippen molar-refractivity contribution in [1.29, 1.82) is 0 Å². The average Bonchev–Trinajstić information content (AvgIpc) is 2.90. The first-order valence-electron chi connectivity index (χ1n) is 6.01. The van der Waals surface area contributed by atoms with E-state index in [9.17, 15) is 0 Å². The summed E-state index contributed by atoms with van der Waals surface area (Å²) in [7, 11) is 0. The molecule has 1 aromatic carbocycles. The highest BCUT2D eigenvalue weighted by molar-refractivity contribution is 7.19. The van der Waals surface area contributed by atoms with Crippen LogP contribution < -0.4 is 4.90 Å². The third-order valence-electron chi connectivity index (χ3n) is 3.04. The minimum atomic E-state index is 0.781. The minimum absolute atomic E-state index is 0.781. The third-order valence-corrected chi connectivity index (χ3v) is 4.49. The van der Waals surface area contributed by atoms with Gasteiger partial charge in [0.15, 0.2) is 0 Å². The van der Waals surface area contributed by atoms with Crippen LogP contribution in [0.4, 0.5) is 5.00 Å². The predicted octanol–water partition coefficient (Wildman–Crippen LogP) is 3.91. The van der Waals surface area contributed by atoms with Gasteiger partial charge < -0.3 is 9.64 Å². The molecule has 0 N–H and O–H groups in total. The molecule has 18 heavy (non-hydrogen) atoms. The maximum atomic E-state index is 5.91. The SMILES string of the molecule is Clc1ccc(-c2ccc(N3CCOCC3)s2)cc1. The van der Waals surface area contributed by atoms with Crippen molar-refractivity contribution in [2.75, 3.05) is 31.2 Å². The zero-order chi connectivity index (χ0) is 12.4. The van der Waals surface area contributed by atoms with Crippen molar-refractivity contribution in [2.24, 2.45) is 0 Å². The first-order valence-corrected chi connectivity index (χ1v) is 7.21. The first-order chi connectivity index (χ1) is 8.83. The Labute approximate surface area is 116 Å². The summed E-state index contributed by atoms with van der Waals surface area (Å²) >= 11 is 7.73. The van der Waals surface area contributed by atoms with E-state index in [2.05, 4.69) is 29.2 Å². The fourth-order valence-corrected chi connectivity index (χ4v) is 3.24. The van der Waals surface area contributed by atoms with Crippen LogP contribution in [-0.4, -0.2) is 26.3 Å². The van der Waals surface area contributed by atoms with E-state index < -0.39 is 0 Å². The van der Waals surface area contributed by atoms with E-state index in [0.29, 0.717) is 0 Å². The lowest BCUT2D eigenvalue weighted by Gasteiger charge is -2.27. The van der Waals surface area contributed by atoms with Crippen LogP contribution in [0.5, 0.6) is 0 Å². The molecular formula is C14H14ClNOS. The molecule has 3 rings (SSSR count). The van der Waals surface area contributed by atoms with E-state index in [0.717, 1.165) is 31.3 Å². The monoisotopic (exact) mass is 279 g/mol. The number of ether oxygens (including phenoxy) is 1. The normalized spacial score (nSPS) is 15.9. The second-order valence-electron chi connectivity index (χ2n) is 4.24. The first kappa shape index (κ1) is 12.0. The summed E-state index contributed by atoms with van der Waals surface area (Å²) in [6, 6.07) is 12.4. The number of halogens is 1. The zero-order valence-corrected chi connectivity index (χ0v) is 11.5. The molecule has 2 aromatic rings. The van der Waals surface area contributed by atoms with E-state index in [-0.39, 0.29) is 0 Å². The molecule has 1 aliphatic heterocycles. The quantitative estimate of drug-likeness (QED) is 0.826. The molecule has 0 unspecified atom stereocenters. The summed E-state index contributed by atoms with van der Waals surface area (Å²) in [6.07, 6.45) is 0. The fraction of sp³-hybridized carbons (Fsp3) is 0.286. The highest BCUT2D eigenvalue weighted by Crippen LogP contribution is 2.34. The number of rotatable bonds is 2. The van der Waals surface area contributed by atoms with Gasteiger partial charge in [0, 0.05) is 23.0 Å². The molecule has 1 aliphatic rings. The molecule has 94 valence electrons. The van der Waals surface area contributed by atoms with E-state index in [1.165, 1.54) is 15.4 Å². The molecule has 1 fully saturated rings. The number of hydrogen-bond acceptors (Lipinski definition) is 3. The Kier molecular flexibility index (Phi) is 3.55. The van der Waals surface area contributed by atoms with Gasteiger partial charge in [0.2, 0.25) is 0 Å². The van der Waals surface area contributed by atoms with Crippen LogP contribution >= 0.6 is 22.9 Å². The van der Waals surface area contributed by atoms with Crippen molar-refractivity contribution in [3.8, 4) is 10.4 Å². The van der Waals surface area contributed by atoms with Gasteiger partial charge in [0.05, 0.1) is 18.2 Å². The molecule has 0 spiro atoms. The summed E-state index contributed by atoms with van der Waals surface area (Å²) in [6.45, 7) is 3.63. The van der Waals surface area contributed by atoms with E-state index in [1.807, 2.05) is 23.5 Å². The van der Waals surface area contributed by atoms with E-state index >= 15 is 0 Å². The van der Waals surface area contributed by atoms with Gasteiger partial charge >= 0.3 is 0 Å². The van der Waals surface area contributed by atoms with Crippen LogP contribution in [0.1, 0.15) is 0 Å². The molecule has 4 heteroatoms. The van der Waals surface area contributed by atoms with Crippen molar-refractivity contribution in [1.82, 2.24) is 0 Å². The summed E-state index contributed by atoms with van der Waals surface area (Å²) < 4.78 is 5.37. The van der Waals surface area contributed by atoms with Gasteiger partial charge in [-0.05, 0) is 29.8 Å². The Balaban J connectivity index is 1.82. The smallest absolute Gasteiger partial charge is 0.0916 e. The summed E-state index contributed by atoms with van der Waals surface area (Å²) in [5.41, 5.74) is 1.23. The Morgan fingerprint density at radius 1 is 1.00 bits per heavy atom. The highest BCUT2D eigenvalue weighted by Gasteiger charge is 2.13. The van der Waals surface area contributed by atoms with Crippen LogP contribution in [0.2, 0.25) is 5.02 Å². The number of benzene rings is 1. The highest BCUT2D eigenvalue weighted by atomic mass is 35.5. The lowest BCUT2D eigenvalue weighted by Crippen LogP contribution is -2.35. The van der Waals surface area contributed by atoms with Gasteiger partial charge in [-0.15, -0.1) is 11.3 Å². The van der Waals surface area contributed by atoms with E-state index in [4.69, 9.17) is 16.3 Å². The topological polar surface area (TPSA) is 12.5 Å². The van der Waals surface area contributed by atoms with Gasteiger partial charge in [0.25, 0.3) is 0 Å². The summed E-state index contributed by atoms with van der Waals surface area (Å²) in [5, 5.41) is 2.10. The second-order valence-corrected chi connectivity index (χ2v) is 5.74. The van der Waals surface area contributed by atoms with Crippen LogP contribution in [-0.2, 0) is 4.74 Å². The number of nitrogens with zero attached hydrogens (tertiary/aromatic N) is 1. The van der Waals surface area contributed by atoms with Crippen molar-refractivity contribution in [3.63, 3.8) is 0 Å². The molecule has 1 saturated heterocycles. The lowest BCUT2D eigenvalue weighted by molar-refractivity contribution is 0.123. The van der Waals surface area contributed by atoms with Crippen LogP contribution in [0.3, 0.4) is 0 Å². The minimum Gasteiger partial charge on any atom is -0.378 e. The van der Waals surface area contributed by atoms with Gasteiger partial charge in [-0.3, -0.25) is 0 Å². The van der Waals surface area contributed by atoms with Gasteiger partial charge in [-0.2, -0.15) is 0 Å². The second kappa shape index (κ2) is 5.31. The average molecular weight is 280 g/mol. The molecule has 0 bridgehead atoms. The Hall–Kier alpha value is -1.03. The molecule has 0 amide bonds. The molecular weight excluding hydrogens is 266 g/mol. The number of anilines is 1. The predicted molar refractivity (Wildman–Crippen MR) is 77.8 cm³/mol. The molecule has 1 aromatic heterocycles. The summed E-state index contributed by atoms with van der Waals surface area (Å²) in [5.74, 6) is 0. The Morgan fingerprint density at radius 3 is 2.44 bits per heavy atom. The molecule has 0 aliphatic carbocycles. The summed E-state index contributed by atoms with van der Waals surface area (Å²) in [4.78, 5) is 3.67. The molecule has 0 saturated carbocycles. The van der Waals surface area contributed by atoms with Gasteiger partial charge in [0.1, 0.15) is 0 Å². The molecule has 0 radical (unpaired) electrons. The van der Waals surface area contributed by atoms with E-state index in [1.54, 1.807) is 0 Å². The fourth-order valence-electron chi connectivity index (χ4n) is 2.05. The third kappa shape index (κ3) is 2.53. The van der Waals surface area contributed by atoms with Crippen molar-refractivity contribution in [2.45, 2.75) is 0 Å². The Morgan fingerprint density at radius 2 is 1.72 bits per heavy atom. The molecule has 2 nitrogen and oxygen atoms in total. The van der Waals surface area contributed by atoms with Crippen molar-refractivity contribution in [3.05, 3.63) is 41.4 Å².